The first-order valence-electron chi connectivity index (χ1n) is 8.70. The molecule has 1 aromatic heterocycles. The highest BCUT2D eigenvalue weighted by Gasteiger charge is 2.49. The van der Waals surface area contributed by atoms with Crippen molar-refractivity contribution in [2.45, 2.75) is 38.3 Å². The molecule has 1 N–H and O–H groups in total. The van der Waals surface area contributed by atoms with E-state index in [4.69, 9.17) is 13.9 Å². The van der Waals surface area contributed by atoms with Crippen LogP contribution in [0.15, 0.2) is 52.0 Å². The fourth-order valence-electron chi connectivity index (χ4n) is 3.71. The van der Waals surface area contributed by atoms with Gasteiger partial charge < -0.3 is 19.2 Å². The second-order valence-corrected chi connectivity index (χ2v) is 7.13. The first kappa shape index (κ1) is 16.2. The van der Waals surface area contributed by atoms with Crippen molar-refractivity contribution in [3.8, 4) is 0 Å². The summed E-state index contributed by atoms with van der Waals surface area (Å²) in [6.07, 6.45) is 7.63. The summed E-state index contributed by atoms with van der Waals surface area (Å²) < 4.78 is 17.1. The average molecular weight is 341 g/mol. The molecule has 132 valence electrons. The third-order valence-corrected chi connectivity index (χ3v) is 5.23. The number of furan rings is 1. The van der Waals surface area contributed by atoms with Crippen molar-refractivity contribution in [3.05, 3.63) is 53.3 Å². The summed E-state index contributed by atoms with van der Waals surface area (Å²) in [7, 11) is 1.59. The lowest BCUT2D eigenvalue weighted by molar-refractivity contribution is -0.112. The molecule has 1 saturated carbocycles. The summed E-state index contributed by atoms with van der Waals surface area (Å²) >= 11 is 0. The Labute approximate surface area is 147 Å². The van der Waals surface area contributed by atoms with E-state index in [0.717, 1.165) is 12.3 Å². The van der Waals surface area contributed by atoms with Gasteiger partial charge in [0.1, 0.15) is 17.6 Å². The highest BCUT2D eigenvalue weighted by Crippen LogP contribution is 2.41. The van der Waals surface area contributed by atoms with Gasteiger partial charge >= 0.3 is 0 Å². The van der Waals surface area contributed by atoms with Crippen molar-refractivity contribution in [2.75, 3.05) is 13.7 Å². The number of hydrogen-bond donors (Lipinski definition) is 1. The molecule has 2 aliphatic carbocycles. The van der Waals surface area contributed by atoms with Crippen molar-refractivity contribution in [2.24, 2.45) is 5.92 Å². The maximum Gasteiger partial charge on any atom is 0.200 e. The Morgan fingerprint density at radius 1 is 1.40 bits per heavy atom. The lowest BCUT2D eigenvalue weighted by Crippen LogP contribution is -2.59. The lowest BCUT2D eigenvalue weighted by Gasteiger charge is -2.44. The SMILES string of the molecule is COC1=C2C(=O)C(c3ccco3)=C(C)NC2(C)C(OCC2CC2)C=C1. The monoisotopic (exact) mass is 341 g/mol. The summed E-state index contributed by atoms with van der Waals surface area (Å²) in [5.41, 5.74) is 1.27. The fourth-order valence-corrected chi connectivity index (χ4v) is 3.71. The van der Waals surface area contributed by atoms with E-state index in [1.807, 2.05) is 26.0 Å². The molecule has 0 radical (unpaired) electrons. The second-order valence-electron chi connectivity index (χ2n) is 7.13. The van der Waals surface area contributed by atoms with E-state index in [9.17, 15) is 4.79 Å². The predicted octanol–water partition coefficient (Wildman–Crippen LogP) is 3.21. The van der Waals surface area contributed by atoms with Crippen LogP contribution in [0.5, 0.6) is 0 Å². The number of carbonyl (C=O) groups is 1. The van der Waals surface area contributed by atoms with Gasteiger partial charge in [-0.15, -0.1) is 0 Å². The third kappa shape index (κ3) is 2.63. The molecular formula is C20H23NO4. The van der Waals surface area contributed by atoms with Crippen molar-refractivity contribution >= 4 is 11.4 Å². The van der Waals surface area contributed by atoms with Crippen LogP contribution in [0.25, 0.3) is 5.57 Å². The maximum absolute atomic E-state index is 13.4. The Morgan fingerprint density at radius 3 is 2.84 bits per heavy atom. The molecule has 5 heteroatoms. The Hall–Kier alpha value is -2.27. The lowest BCUT2D eigenvalue weighted by atomic mass is 9.74. The van der Waals surface area contributed by atoms with E-state index in [-0.39, 0.29) is 11.9 Å². The number of rotatable bonds is 5. The van der Waals surface area contributed by atoms with Gasteiger partial charge in [0.2, 0.25) is 5.78 Å². The molecule has 0 spiro atoms. The van der Waals surface area contributed by atoms with Gasteiger partial charge in [-0.25, -0.2) is 0 Å². The number of nitrogens with one attached hydrogen (secondary N) is 1. The maximum atomic E-state index is 13.4. The van der Waals surface area contributed by atoms with Gasteiger partial charge in [-0.3, -0.25) is 4.79 Å². The van der Waals surface area contributed by atoms with Crippen LogP contribution in [0.3, 0.4) is 0 Å². The second kappa shape index (κ2) is 5.92. The highest BCUT2D eigenvalue weighted by molar-refractivity contribution is 6.30. The quantitative estimate of drug-likeness (QED) is 0.891. The van der Waals surface area contributed by atoms with Crippen LogP contribution in [0.2, 0.25) is 0 Å². The number of ketones is 1. The molecule has 2 atom stereocenters. The zero-order valence-corrected chi connectivity index (χ0v) is 14.8. The van der Waals surface area contributed by atoms with Crippen LogP contribution in [0.1, 0.15) is 32.4 Å². The van der Waals surface area contributed by atoms with Gasteiger partial charge in [-0.05, 0) is 56.9 Å². The average Bonchev–Trinajstić information content (AvgIpc) is 3.25. The first-order chi connectivity index (χ1) is 12.0. The Morgan fingerprint density at radius 2 is 2.20 bits per heavy atom. The van der Waals surface area contributed by atoms with Gasteiger partial charge in [0, 0.05) is 5.70 Å². The predicted molar refractivity (Wildman–Crippen MR) is 93.5 cm³/mol. The minimum atomic E-state index is -0.660. The molecule has 1 aromatic rings. The molecule has 1 aliphatic heterocycles. The highest BCUT2D eigenvalue weighted by atomic mass is 16.5. The summed E-state index contributed by atoms with van der Waals surface area (Å²) in [5.74, 6) is 1.71. The Bertz CT molecular complexity index is 783. The normalized spacial score (nSPS) is 28.9. The zero-order chi connectivity index (χ0) is 17.6. The van der Waals surface area contributed by atoms with Crippen molar-refractivity contribution in [3.63, 3.8) is 0 Å². The molecule has 25 heavy (non-hydrogen) atoms. The van der Waals surface area contributed by atoms with Crippen LogP contribution < -0.4 is 5.32 Å². The fraction of sp³-hybridized carbons (Fsp3) is 0.450. The number of fused-ring (bicyclic) bond motifs is 1. The summed E-state index contributed by atoms with van der Waals surface area (Å²) in [6, 6.07) is 3.58. The van der Waals surface area contributed by atoms with Crippen molar-refractivity contribution in [1.29, 1.82) is 0 Å². The number of allylic oxidation sites excluding steroid dienone is 3. The minimum Gasteiger partial charge on any atom is -0.496 e. The zero-order valence-electron chi connectivity index (χ0n) is 14.8. The standard InChI is InChI=1S/C20H23NO4/c1-12-17(14-5-4-10-24-14)19(22)18-15(23-3)8-9-16(20(18,2)21-12)25-11-13-6-7-13/h4-5,8-10,13,16,21H,6-7,11H2,1-3H3. The molecule has 3 aliphatic rings. The molecule has 2 unspecified atom stereocenters. The van der Waals surface area contributed by atoms with Crippen molar-refractivity contribution < 1.29 is 18.7 Å². The molecule has 2 heterocycles. The van der Waals surface area contributed by atoms with Crippen molar-refractivity contribution in [1.82, 2.24) is 5.32 Å². The number of carbonyl (C=O) groups excluding carboxylic acids is 1. The molecule has 0 saturated heterocycles. The molecule has 1 fully saturated rings. The first-order valence-corrected chi connectivity index (χ1v) is 8.70. The van der Waals surface area contributed by atoms with E-state index in [2.05, 4.69) is 5.32 Å². The summed E-state index contributed by atoms with van der Waals surface area (Å²) in [4.78, 5) is 13.4. The van der Waals surface area contributed by atoms with Crippen LogP contribution >= 0.6 is 0 Å². The molecule has 0 bridgehead atoms. The van der Waals surface area contributed by atoms with E-state index in [1.165, 1.54) is 12.8 Å². The Kier molecular flexibility index (Phi) is 3.84. The van der Waals surface area contributed by atoms with E-state index in [0.29, 0.717) is 28.6 Å². The summed E-state index contributed by atoms with van der Waals surface area (Å²) in [6.45, 7) is 4.63. The van der Waals surface area contributed by atoms with Gasteiger partial charge in [0.25, 0.3) is 0 Å². The van der Waals surface area contributed by atoms with E-state index < -0.39 is 5.54 Å². The van der Waals surface area contributed by atoms with Gasteiger partial charge in [-0.2, -0.15) is 0 Å². The molecular weight excluding hydrogens is 318 g/mol. The van der Waals surface area contributed by atoms with Crippen LogP contribution in [0.4, 0.5) is 0 Å². The summed E-state index contributed by atoms with van der Waals surface area (Å²) in [5, 5.41) is 3.51. The number of ether oxygens (including phenoxy) is 2. The molecule has 5 nitrogen and oxygen atoms in total. The van der Waals surface area contributed by atoms with Gasteiger partial charge in [-0.1, -0.05) is 0 Å². The molecule has 4 rings (SSSR count). The van der Waals surface area contributed by atoms with Crippen LogP contribution in [-0.4, -0.2) is 31.1 Å². The third-order valence-electron chi connectivity index (χ3n) is 5.23. The van der Waals surface area contributed by atoms with Gasteiger partial charge in [0.15, 0.2) is 0 Å². The largest absolute Gasteiger partial charge is 0.496 e. The van der Waals surface area contributed by atoms with Gasteiger partial charge in [0.05, 0.1) is 36.7 Å². The van der Waals surface area contributed by atoms with E-state index >= 15 is 0 Å². The molecule has 0 aromatic carbocycles. The number of Topliss-reactive ketones (excluding diaryl/α,β-unsaturated/α-hetero) is 1. The number of methoxy groups -OCH3 is 1. The molecule has 0 amide bonds. The van der Waals surface area contributed by atoms with Crippen LogP contribution in [0, 0.1) is 5.92 Å². The van der Waals surface area contributed by atoms with Crippen LogP contribution in [-0.2, 0) is 14.3 Å². The van der Waals surface area contributed by atoms with E-state index in [1.54, 1.807) is 25.5 Å². The smallest absolute Gasteiger partial charge is 0.200 e. The minimum absolute atomic E-state index is 0.0741. The topological polar surface area (TPSA) is 60.7 Å². The Balaban J connectivity index is 1.76. The number of hydrogen-bond acceptors (Lipinski definition) is 5.